The Balaban J connectivity index is 3.02. The van der Waals surface area contributed by atoms with Gasteiger partial charge in [0.15, 0.2) is 0 Å². The lowest BCUT2D eigenvalue weighted by molar-refractivity contribution is 0.137. The van der Waals surface area contributed by atoms with E-state index in [4.69, 9.17) is 10.2 Å². The highest BCUT2D eigenvalue weighted by Crippen LogP contribution is 2.12. The molecule has 0 aliphatic heterocycles. The van der Waals surface area contributed by atoms with Gasteiger partial charge in [0, 0.05) is 13.2 Å². The van der Waals surface area contributed by atoms with E-state index in [2.05, 4.69) is 0 Å². The monoisotopic (exact) mass is 260 g/mol. The van der Waals surface area contributed by atoms with Gasteiger partial charge in [0.2, 0.25) is 0 Å². The maximum absolute atomic E-state index is 9.57. The fraction of sp³-hybridized carbons (Fsp3) is 1.00. The highest BCUT2D eigenvalue weighted by atomic mass is 16.3. The lowest BCUT2D eigenvalue weighted by Gasteiger charge is -2.09. The van der Waals surface area contributed by atoms with Gasteiger partial charge >= 0.3 is 0 Å². The van der Waals surface area contributed by atoms with Crippen molar-refractivity contribution in [1.82, 2.24) is 0 Å². The first kappa shape index (κ1) is 17.9. The van der Waals surface area contributed by atoms with Gasteiger partial charge in [0.1, 0.15) is 0 Å². The average molecular weight is 260 g/mol. The third-order valence-corrected chi connectivity index (χ3v) is 3.39. The summed E-state index contributed by atoms with van der Waals surface area (Å²) in [6, 6.07) is 0. The number of rotatable bonds is 14. The number of aliphatic hydroxyl groups excluding tert-OH is 3. The Bertz CT molecular complexity index is 151. The predicted molar refractivity (Wildman–Crippen MR) is 75.6 cm³/mol. The zero-order valence-corrected chi connectivity index (χ0v) is 11.8. The molecule has 0 saturated heterocycles. The summed E-state index contributed by atoms with van der Waals surface area (Å²) < 4.78 is 0. The zero-order valence-electron chi connectivity index (χ0n) is 11.8. The van der Waals surface area contributed by atoms with Crippen molar-refractivity contribution in [3.05, 3.63) is 0 Å². The fourth-order valence-electron chi connectivity index (χ4n) is 2.20. The first-order chi connectivity index (χ1) is 8.81. The molecule has 3 N–H and O–H groups in total. The molecule has 3 nitrogen and oxygen atoms in total. The SMILES string of the molecule is OCCCCCCCCCCCC(O)CCCO. The Kier molecular flexibility index (Phi) is 14.8. The minimum Gasteiger partial charge on any atom is -0.396 e. The van der Waals surface area contributed by atoms with Gasteiger partial charge in [-0.1, -0.05) is 51.4 Å². The van der Waals surface area contributed by atoms with Gasteiger partial charge in [-0.3, -0.25) is 0 Å². The predicted octanol–water partition coefficient (Wildman–Crippen LogP) is 3.01. The van der Waals surface area contributed by atoms with Crippen molar-refractivity contribution < 1.29 is 15.3 Å². The van der Waals surface area contributed by atoms with Crippen molar-refractivity contribution in [2.24, 2.45) is 0 Å². The van der Waals surface area contributed by atoms with Crippen molar-refractivity contribution in [2.45, 2.75) is 83.2 Å². The number of aliphatic hydroxyl groups is 3. The molecule has 110 valence electrons. The van der Waals surface area contributed by atoms with Crippen molar-refractivity contribution in [3.63, 3.8) is 0 Å². The van der Waals surface area contributed by atoms with Gasteiger partial charge in [-0.05, 0) is 25.7 Å². The zero-order chi connectivity index (χ0) is 13.5. The topological polar surface area (TPSA) is 60.7 Å². The summed E-state index contributed by atoms with van der Waals surface area (Å²) >= 11 is 0. The summed E-state index contributed by atoms with van der Waals surface area (Å²) in [4.78, 5) is 0. The quantitative estimate of drug-likeness (QED) is 0.421. The molecule has 0 aliphatic carbocycles. The third kappa shape index (κ3) is 13.9. The van der Waals surface area contributed by atoms with Crippen LogP contribution in [0.4, 0.5) is 0 Å². The van der Waals surface area contributed by atoms with E-state index in [1.807, 2.05) is 0 Å². The third-order valence-electron chi connectivity index (χ3n) is 3.39. The Morgan fingerprint density at radius 2 is 0.889 bits per heavy atom. The summed E-state index contributed by atoms with van der Waals surface area (Å²) in [6.07, 6.45) is 13.0. The molecule has 0 saturated carbocycles. The van der Waals surface area contributed by atoms with Crippen LogP contribution >= 0.6 is 0 Å². The second kappa shape index (κ2) is 14.9. The molecule has 0 aromatic carbocycles. The average Bonchev–Trinajstić information content (AvgIpc) is 2.38. The molecule has 0 rings (SSSR count). The van der Waals surface area contributed by atoms with E-state index in [0.717, 1.165) is 38.5 Å². The Morgan fingerprint density at radius 3 is 1.39 bits per heavy atom. The fourth-order valence-corrected chi connectivity index (χ4v) is 2.20. The van der Waals surface area contributed by atoms with Crippen LogP contribution < -0.4 is 0 Å². The van der Waals surface area contributed by atoms with Crippen molar-refractivity contribution >= 4 is 0 Å². The number of hydrogen-bond donors (Lipinski definition) is 3. The Morgan fingerprint density at radius 1 is 0.500 bits per heavy atom. The van der Waals surface area contributed by atoms with Crippen LogP contribution in [0, 0.1) is 0 Å². The summed E-state index contributed by atoms with van der Waals surface area (Å²) in [5.41, 5.74) is 0. The standard InChI is InChI=1S/C15H32O3/c16-13-9-7-5-3-1-2-4-6-8-11-15(18)12-10-14-17/h15-18H,1-14H2. The molecule has 0 fully saturated rings. The van der Waals surface area contributed by atoms with Crippen LogP contribution in [0.5, 0.6) is 0 Å². The van der Waals surface area contributed by atoms with Crippen LogP contribution in [-0.2, 0) is 0 Å². The highest BCUT2D eigenvalue weighted by molar-refractivity contribution is 4.56. The molecular weight excluding hydrogens is 228 g/mol. The molecule has 1 unspecified atom stereocenters. The molecule has 18 heavy (non-hydrogen) atoms. The summed E-state index contributed by atoms with van der Waals surface area (Å²) in [5.74, 6) is 0. The van der Waals surface area contributed by atoms with Crippen LogP contribution in [-0.4, -0.2) is 34.6 Å². The smallest absolute Gasteiger partial charge is 0.0541 e. The van der Waals surface area contributed by atoms with Gasteiger partial charge in [-0.25, -0.2) is 0 Å². The van der Waals surface area contributed by atoms with E-state index in [0.29, 0.717) is 6.61 Å². The van der Waals surface area contributed by atoms with E-state index in [-0.39, 0.29) is 12.7 Å². The molecule has 0 aliphatic rings. The number of unbranched alkanes of at least 4 members (excludes halogenated alkanes) is 8. The largest absolute Gasteiger partial charge is 0.396 e. The minimum absolute atomic E-state index is 0.188. The number of hydrogen-bond acceptors (Lipinski definition) is 3. The molecule has 0 amide bonds. The Labute approximate surface area is 112 Å². The van der Waals surface area contributed by atoms with E-state index in [9.17, 15) is 5.11 Å². The first-order valence-electron chi connectivity index (χ1n) is 7.71. The maximum atomic E-state index is 9.57. The van der Waals surface area contributed by atoms with Crippen molar-refractivity contribution in [3.8, 4) is 0 Å². The molecule has 0 heterocycles. The van der Waals surface area contributed by atoms with E-state index in [1.165, 1.54) is 38.5 Å². The van der Waals surface area contributed by atoms with Crippen LogP contribution in [0.25, 0.3) is 0 Å². The molecule has 1 atom stereocenters. The van der Waals surface area contributed by atoms with Crippen molar-refractivity contribution in [2.75, 3.05) is 13.2 Å². The summed E-state index contributed by atoms with van der Waals surface area (Å²) in [6.45, 7) is 0.520. The van der Waals surface area contributed by atoms with Gasteiger partial charge in [-0.2, -0.15) is 0 Å². The second-order valence-electron chi connectivity index (χ2n) is 5.21. The van der Waals surface area contributed by atoms with E-state index >= 15 is 0 Å². The van der Waals surface area contributed by atoms with Crippen LogP contribution in [0.3, 0.4) is 0 Å². The molecule has 3 heteroatoms. The van der Waals surface area contributed by atoms with Crippen LogP contribution in [0.2, 0.25) is 0 Å². The molecule has 0 bridgehead atoms. The molecule has 0 aromatic heterocycles. The molecule has 0 aromatic rings. The van der Waals surface area contributed by atoms with Gasteiger partial charge in [0.05, 0.1) is 6.10 Å². The van der Waals surface area contributed by atoms with Crippen LogP contribution in [0.15, 0.2) is 0 Å². The molecular formula is C15H32O3. The summed E-state index contributed by atoms with van der Waals surface area (Å²) in [7, 11) is 0. The van der Waals surface area contributed by atoms with E-state index in [1.54, 1.807) is 0 Å². The minimum atomic E-state index is -0.212. The van der Waals surface area contributed by atoms with Crippen LogP contribution in [0.1, 0.15) is 77.0 Å². The Hall–Kier alpha value is -0.120. The van der Waals surface area contributed by atoms with Gasteiger partial charge in [-0.15, -0.1) is 0 Å². The lowest BCUT2D eigenvalue weighted by atomic mass is 10.0. The molecule has 0 radical (unpaired) electrons. The summed E-state index contributed by atoms with van der Waals surface area (Å²) in [5, 5.41) is 26.8. The second-order valence-corrected chi connectivity index (χ2v) is 5.21. The van der Waals surface area contributed by atoms with Gasteiger partial charge in [0.25, 0.3) is 0 Å². The van der Waals surface area contributed by atoms with Gasteiger partial charge < -0.3 is 15.3 Å². The highest BCUT2D eigenvalue weighted by Gasteiger charge is 2.02. The first-order valence-corrected chi connectivity index (χ1v) is 7.71. The maximum Gasteiger partial charge on any atom is 0.0541 e. The molecule has 0 spiro atoms. The van der Waals surface area contributed by atoms with E-state index < -0.39 is 0 Å². The normalized spacial score (nSPS) is 12.8. The van der Waals surface area contributed by atoms with Crippen molar-refractivity contribution in [1.29, 1.82) is 0 Å². The lowest BCUT2D eigenvalue weighted by Crippen LogP contribution is -2.06.